The number of nitrogens with two attached hydrogens (primary N) is 1. The fourth-order valence-electron chi connectivity index (χ4n) is 2.36. The van der Waals surface area contributed by atoms with Gasteiger partial charge in [-0.3, -0.25) is 0 Å². The highest BCUT2D eigenvalue weighted by atomic mass is 32.2. The standard InChI is InChI=1S/C14H20N2S2/c1-10-8-11(4-5-12(10)13(15)17)16-6-7-18-14(2,3)9-16/h4-5,8H,6-7,9H2,1-3H3,(H2,15,17). The number of thioether (sulfide) groups is 1. The minimum atomic E-state index is 0.327. The van der Waals surface area contributed by atoms with Gasteiger partial charge < -0.3 is 10.6 Å². The van der Waals surface area contributed by atoms with Crippen LogP contribution in [0.4, 0.5) is 5.69 Å². The van der Waals surface area contributed by atoms with E-state index in [1.54, 1.807) is 0 Å². The first-order chi connectivity index (χ1) is 8.39. The average Bonchev–Trinajstić information content (AvgIpc) is 2.27. The molecule has 1 aliphatic rings. The molecule has 1 aromatic rings. The molecule has 0 unspecified atom stereocenters. The highest BCUT2D eigenvalue weighted by molar-refractivity contribution is 8.00. The van der Waals surface area contributed by atoms with E-state index >= 15 is 0 Å². The van der Waals surface area contributed by atoms with Gasteiger partial charge in [-0.15, -0.1) is 0 Å². The van der Waals surface area contributed by atoms with Crippen molar-refractivity contribution in [2.45, 2.75) is 25.5 Å². The maximum Gasteiger partial charge on any atom is 0.104 e. The Morgan fingerprint density at radius 1 is 1.44 bits per heavy atom. The van der Waals surface area contributed by atoms with Crippen LogP contribution in [-0.4, -0.2) is 28.6 Å². The van der Waals surface area contributed by atoms with Crippen molar-refractivity contribution in [2.24, 2.45) is 5.73 Å². The summed E-state index contributed by atoms with van der Waals surface area (Å²) in [7, 11) is 0. The van der Waals surface area contributed by atoms with E-state index in [1.165, 1.54) is 11.4 Å². The van der Waals surface area contributed by atoms with Crippen LogP contribution in [0.25, 0.3) is 0 Å². The normalized spacial score (nSPS) is 18.7. The lowest BCUT2D eigenvalue weighted by molar-refractivity contribution is 0.647. The van der Waals surface area contributed by atoms with Gasteiger partial charge in [0.05, 0.1) is 0 Å². The summed E-state index contributed by atoms with van der Waals surface area (Å²) in [6.07, 6.45) is 0. The molecule has 2 nitrogen and oxygen atoms in total. The van der Waals surface area contributed by atoms with Crippen molar-refractivity contribution in [1.82, 2.24) is 0 Å². The topological polar surface area (TPSA) is 29.3 Å². The number of nitrogens with zero attached hydrogens (tertiary/aromatic N) is 1. The number of aryl methyl sites for hydroxylation is 1. The molecule has 2 N–H and O–H groups in total. The van der Waals surface area contributed by atoms with E-state index in [0.717, 1.165) is 24.2 Å². The third kappa shape index (κ3) is 2.98. The lowest BCUT2D eigenvalue weighted by Gasteiger charge is -2.39. The maximum atomic E-state index is 5.70. The summed E-state index contributed by atoms with van der Waals surface area (Å²) in [5.41, 5.74) is 9.13. The third-order valence-corrected chi connectivity index (χ3v) is 4.78. The lowest BCUT2D eigenvalue weighted by Crippen LogP contribution is -2.43. The molecule has 0 bridgehead atoms. The summed E-state index contributed by atoms with van der Waals surface area (Å²) >= 11 is 7.10. The van der Waals surface area contributed by atoms with E-state index in [1.807, 2.05) is 17.8 Å². The first kappa shape index (κ1) is 13.7. The molecule has 1 aliphatic heterocycles. The molecule has 18 heavy (non-hydrogen) atoms. The van der Waals surface area contributed by atoms with E-state index in [-0.39, 0.29) is 0 Å². The van der Waals surface area contributed by atoms with Gasteiger partial charge in [0, 0.05) is 34.8 Å². The molecule has 1 aromatic carbocycles. The average molecular weight is 280 g/mol. The third-order valence-electron chi connectivity index (χ3n) is 3.27. The lowest BCUT2D eigenvalue weighted by atomic mass is 10.1. The van der Waals surface area contributed by atoms with Crippen LogP contribution < -0.4 is 10.6 Å². The van der Waals surface area contributed by atoms with Gasteiger partial charge in [0.25, 0.3) is 0 Å². The van der Waals surface area contributed by atoms with Crippen molar-refractivity contribution in [2.75, 3.05) is 23.7 Å². The van der Waals surface area contributed by atoms with Crippen LogP contribution in [0.2, 0.25) is 0 Å². The highest BCUT2D eigenvalue weighted by Crippen LogP contribution is 2.32. The quantitative estimate of drug-likeness (QED) is 0.843. The number of benzene rings is 1. The minimum Gasteiger partial charge on any atom is -0.389 e. The molecular formula is C14H20N2S2. The van der Waals surface area contributed by atoms with Crippen LogP contribution in [0.3, 0.4) is 0 Å². The fourth-order valence-corrected chi connectivity index (χ4v) is 3.70. The molecule has 4 heteroatoms. The largest absolute Gasteiger partial charge is 0.389 e. The van der Waals surface area contributed by atoms with Gasteiger partial charge in [-0.25, -0.2) is 0 Å². The van der Waals surface area contributed by atoms with Gasteiger partial charge in [-0.2, -0.15) is 11.8 Å². The Bertz CT molecular complexity index is 469. The molecule has 1 saturated heterocycles. The maximum absolute atomic E-state index is 5.70. The Morgan fingerprint density at radius 2 is 2.17 bits per heavy atom. The van der Waals surface area contributed by atoms with Crippen molar-refractivity contribution in [1.29, 1.82) is 0 Å². The SMILES string of the molecule is Cc1cc(N2CCSC(C)(C)C2)ccc1C(N)=S. The van der Waals surface area contributed by atoms with E-state index in [4.69, 9.17) is 18.0 Å². The number of hydrogen-bond acceptors (Lipinski definition) is 3. The molecule has 1 heterocycles. The monoisotopic (exact) mass is 280 g/mol. The van der Waals surface area contributed by atoms with Crippen molar-refractivity contribution in [3.8, 4) is 0 Å². The van der Waals surface area contributed by atoms with Crippen LogP contribution >= 0.6 is 24.0 Å². The smallest absolute Gasteiger partial charge is 0.104 e. The molecule has 0 spiro atoms. The minimum absolute atomic E-state index is 0.327. The predicted molar refractivity (Wildman–Crippen MR) is 85.8 cm³/mol. The second kappa shape index (κ2) is 5.10. The zero-order valence-electron chi connectivity index (χ0n) is 11.2. The van der Waals surface area contributed by atoms with Crippen molar-refractivity contribution >= 4 is 34.7 Å². The molecular weight excluding hydrogens is 260 g/mol. The summed E-state index contributed by atoms with van der Waals surface area (Å²) in [6.45, 7) is 8.88. The molecule has 98 valence electrons. The Kier molecular flexibility index (Phi) is 3.87. The molecule has 0 saturated carbocycles. The molecule has 0 atom stereocenters. The predicted octanol–water partition coefficient (Wildman–Crippen LogP) is 2.96. The number of thiocarbonyl (C=S) groups is 1. The Hall–Kier alpha value is -0.740. The molecule has 0 amide bonds. The van der Waals surface area contributed by atoms with E-state index in [0.29, 0.717) is 9.74 Å². The Labute approximate surface area is 119 Å². The van der Waals surface area contributed by atoms with Crippen LogP contribution in [0, 0.1) is 6.92 Å². The summed E-state index contributed by atoms with van der Waals surface area (Å²) in [5, 5.41) is 0. The fraction of sp³-hybridized carbons (Fsp3) is 0.500. The van der Waals surface area contributed by atoms with Gasteiger partial charge in [0.1, 0.15) is 4.99 Å². The summed E-state index contributed by atoms with van der Waals surface area (Å²) in [6, 6.07) is 6.37. The molecule has 0 aliphatic carbocycles. The zero-order valence-corrected chi connectivity index (χ0v) is 12.8. The molecule has 0 aromatic heterocycles. The van der Waals surface area contributed by atoms with Crippen LogP contribution in [0.5, 0.6) is 0 Å². The Balaban J connectivity index is 2.24. The zero-order chi connectivity index (χ0) is 13.3. The first-order valence-electron chi connectivity index (χ1n) is 6.18. The second-order valence-corrected chi connectivity index (χ2v) is 7.64. The molecule has 1 fully saturated rings. The summed E-state index contributed by atoms with van der Waals surface area (Å²) in [5.74, 6) is 1.18. The van der Waals surface area contributed by atoms with Crippen molar-refractivity contribution in [3.63, 3.8) is 0 Å². The van der Waals surface area contributed by atoms with Crippen molar-refractivity contribution in [3.05, 3.63) is 29.3 Å². The van der Waals surface area contributed by atoms with Gasteiger partial charge in [0.15, 0.2) is 0 Å². The number of anilines is 1. The van der Waals surface area contributed by atoms with Gasteiger partial charge >= 0.3 is 0 Å². The molecule has 0 radical (unpaired) electrons. The van der Waals surface area contributed by atoms with Crippen molar-refractivity contribution < 1.29 is 0 Å². The van der Waals surface area contributed by atoms with Crippen LogP contribution in [0.15, 0.2) is 18.2 Å². The van der Waals surface area contributed by atoms with Gasteiger partial charge in [0.2, 0.25) is 0 Å². The Morgan fingerprint density at radius 3 is 2.72 bits per heavy atom. The molecule has 2 rings (SSSR count). The van der Waals surface area contributed by atoms with E-state index < -0.39 is 0 Å². The van der Waals surface area contributed by atoms with E-state index in [9.17, 15) is 0 Å². The first-order valence-corrected chi connectivity index (χ1v) is 7.58. The number of hydrogen-bond donors (Lipinski definition) is 1. The second-order valence-electron chi connectivity index (χ2n) is 5.39. The highest BCUT2D eigenvalue weighted by Gasteiger charge is 2.27. The van der Waals surface area contributed by atoms with E-state index in [2.05, 4.69) is 37.8 Å². The van der Waals surface area contributed by atoms with Crippen LogP contribution in [-0.2, 0) is 0 Å². The number of rotatable bonds is 2. The summed E-state index contributed by atoms with van der Waals surface area (Å²) < 4.78 is 0.327. The van der Waals surface area contributed by atoms with Gasteiger partial charge in [-0.05, 0) is 44.5 Å². The van der Waals surface area contributed by atoms with Crippen LogP contribution in [0.1, 0.15) is 25.0 Å². The van der Waals surface area contributed by atoms with Gasteiger partial charge in [-0.1, -0.05) is 12.2 Å². The summed E-state index contributed by atoms with van der Waals surface area (Å²) in [4.78, 5) is 2.93.